The van der Waals surface area contributed by atoms with Gasteiger partial charge in [0, 0.05) is 6.54 Å². The van der Waals surface area contributed by atoms with Gasteiger partial charge in [-0.25, -0.2) is 0 Å². The molecule has 0 heterocycles. The van der Waals surface area contributed by atoms with E-state index in [0.717, 1.165) is 37.8 Å². The summed E-state index contributed by atoms with van der Waals surface area (Å²) in [6.07, 6.45) is 1.05. The van der Waals surface area contributed by atoms with Crippen LogP contribution in [0.25, 0.3) is 0 Å². The topological polar surface area (TPSA) is 21.3 Å². The van der Waals surface area contributed by atoms with Crippen molar-refractivity contribution < 1.29 is 4.74 Å². The van der Waals surface area contributed by atoms with Crippen molar-refractivity contribution in [2.75, 3.05) is 13.2 Å². The molecule has 112 valence electrons. The molecule has 0 aromatic heterocycles. The monoisotopic (exact) mass is 275 g/mol. The van der Waals surface area contributed by atoms with E-state index in [1.807, 2.05) is 0 Å². The van der Waals surface area contributed by atoms with Crippen molar-refractivity contribution in [3.8, 4) is 5.75 Å². The molecule has 0 amide bonds. The van der Waals surface area contributed by atoms with Gasteiger partial charge in [-0.15, -0.1) is 0 Å². The first-order valence-electron chi connectivity index (χ1n) is 7.82. The highest BCUT2D eigenvalue weighted by Crippen LogP contribution is 2.67. The highest BCUT2D eigenvalue weighted by atomic mass is 16.5. The molecule has 0 aliphatic heterocycles. The van der Waals surface area contributed by atoms with Crippen LogP contribution in [0.4, 0.5) is 0 Å². The summed E-state index contributed by atoms with van der Waals surface area (Å²) in [5.74, 6) is 1.75. The van der Waals surface area contributed by atoms with Crippen molar-refractivity contribution in [2.24, 2.45) is 16.7 Å². The SMILES string of the molecule is CCCOc1ccc(CNCC2C(C)(C)C2(C)C)cc1. The van der Waals surface area contributed by atoms with Gasteiger partial charge in [-0.3, -0.25) is 0 Å². The van der Waals surface area contributed by atoms with Crippen LogP contribution in [0.2, 0.25) is 0 Å². The van der Waals surface area contributed by atoms with Crippen molar-refractivity contribution in [1.29, 1.82) is 0 Å². The van der Waals surface area contributed by atoms with E-state index in [1.54, 1.807) is 0 Å². The van der Waals surface area contributed by atoms with Crippen LogP contribution in [0.5, 0.6) is 5.75 Å². The van der Waals surface area contributed by atoms with E-state index in [9.17, 15) is 0 Å². The quantitative estimate of drug-likeness (QED) is 0.803. The van der Waals surface area contributed by atoms with Gasteiger partial charge in [0.25, 0.3) is 0 Å². The van der Waals surface area contributed by atoms with E-state index in [2.05, 4.69) is 64.2 Å². The maximum atomic E-state index is 5.60. The molecule has 0 spiro atoms. The Morgan fingerprint density at radius 2 is 1.65 bits per heavy atom. The summed E-state index contributed by atoms with van der Waals surface area (Å²) in [6, 6.07) is 8.44. The smallest absolute Gasteiger partial charge is 0.119 e. The van der Waals surface area contributed by atoms with E-state index < -0.39 is 0 Å². The lowest BCUT2D eigenvalue weighted by molar-refractivity contribution is 0.317. The molecule has 2 nitrogen and oxygen atoms in total. The Labute approximate surface area is 123 Å². The van der Waals surface area contributed by atoms with Gasteiger partial charge in [0.1, 0.15) is 5.75 Å². The molecule has 1 saturated carbocycles. The molecule has 1 aliphatic rings. The molecule has 0 radical (unpaired) electrons. The van der Waals surface area contributed by atoms with Gasteiger partial charge in [0.05, 0.1) is 6.61 Å². The summed E-state index contributed by atoms with van der Waals surface area (Å²) < 4.78 is 5.60. The number of ether oxygens (including phenoxy) is 1. The van der Waals surface area contributed by atoms with Gasteiger partial charge in [-0.05, 0) is 47.4 Å². The predicted molar refractivity (Wildman–Crippen MR) is 85.0 cm³/mol. The van der Waals surface area contributed by atoms with Gasteiger partial charge in [-0.2, -0.15) is 0 Å². The summed E-state index contributed by atoms with van der Waals surface area (Å²) >= 11 is 0. The first-order valence-corrected chi connectivity index (χ1v) is 7.82. The first kappa shape index (κ1) is 15.4. The van der Waals surface area contributed by atoms with E-state index in [4.69, 9.17) is 4.74 Å². The highest BCUT2D eigenvalue weighted by molar-refractivity contribution is 5.27. The predicted octanol–water partition coefficient (Wildman–Crippen LogP) is 4.25. The lowest BCUT2D eigenvalue weighted by Gasteiger charge is -2.08. The normalized spacial score (nSPS) is 19.9. The standard InChI is InChI=1S/C18H29NO/c1-6-11-20-15-9-7-14(8-10-15)12-19-13-16-17(2,3)18(16,4)5/h7-10,16,19H,6,11-13H2,1-5H3. The van der Waals surface area contributed by atoms with Crippen molar-refractivity contribution in [3.63, 3.8) is 0 Å². The number of benzene rings is 1. The Bertz CT molecular complexity index is 419. The van der Waals surface area contributed by atoms with Crippen molar-refractivity contribution in [1.82, 2.24) is 5.32 Å². The minimum Gasteiger partial charge on any atom is -0.494 e. The van der Waals surface area contributed by atoms with E-state index in [-0.39, 0.29) is 0 Å². The molecule has 2 rings (SSSR count). The van der Waals surface area contributed by atoms with E-state index in [1.165, 1.54) is 5.56 Å². The van der Waals surface area contributed by atoms with E-state index in [0.29, 0.717) is 10.8 Å². The fourth-order valence-electron chi connectivity index (χ4n) is 3.13. The summed E-state index contributed by atoms with van der Waals surface area (Å²) in [4.78, 5) is 0. The molecule has 20 heavy (non-hydrogen) atoms. The molecule has 1 aromatic carbocycles. The van der Waals surface area contributed by atoms with Crippen molar-refractivity contribution >= 4 is 0 Å². The van der Waals surface area contributed by atoms with Crippen LogP contribution in [-0.4, -0.2) is 13.2 Å². The minimum absolute atomic E-state index is 0.470. The fourth-order valence-corrected chi connectivity index (χ4v) is 3.13. The van der Waals surface area contributed by atoms with Crippen molar-refractivity contribution in [3.05, 3.63) is 29.8 Å². The second-order valence-electron chi connectivity index (χ2n) is 7.12. The number of rotatable bonds is 7. The number of hydrogen-bond acceptors (Lipinski definition) is 2. The Kier molecular flexibility index (Phi) is 4.43. The van der Waals surface area contributed by atoms with Crippen LogP contribution < -0.4 is 10.1 Å². The van der Waals surface area contributed by atoms with Crippen LogP contribution in [0.3, 0.4) is 0 Å². The number of hydrogen-bond donors (Lipinski definition) is 1. The fraction of sp³-hybridized carbons (Fsp3) is 0.667. The third kappa shape index (κ3) is 3.01. The van der Waals surface area contributed by atoms with Gasteiger partial charge >= 0.3 is 0 Å². The van der Waals surface area contributed by atoms with Gasteiger partial charge in [0.2, 0.25) is 0 Å². The molecule has 0 atom stereocenters. The summed E-state index contributed by atoms with van der Waals surface area (Å²) in [6.45, 7) is 14.5. The second-order valence-corrected chi connectivity index (χ2v) is 7.12. The highest BCUT2D eigenvalue weighted by Gasteiger charge is 2.63. The molecule has 2 heteroatoms. The Morgan fingerprint density at radius 1 is 1.05 bits per heavy atom. The van der Waals surface area contributed by atoms with Gasteiger partial charge < -0.3 is 10.1 Å². The maximum Gasteiger partial charge on any atom is 0.119 e. The third-order valence-corrected chi connectivity index (χ3v) is 5.39. The number of nitrogens with one attached hydrogen (secondary N) is 1. The zero-order chi connectivity index (χ0) is 14.8. The Balaban J connectivity index is 1.75. The van der Waals surface area contributed by atoms with Crippen LogP contribution in [0.1, 0.15) is 46.6 Å². The molecule has 1 fully saturated rings. The average Bonchev–Trinajstić information content (AvgIpc) is 2.80. The zero-order valence-corrected chi connectivity index (χ0v) is 13.6. The Morgan fingerprint density at radius 3 is 2.15 bits per heavy atom. The molecule has 0 unspecified atom stereocenters. The molecule has 1 N–H and O–H groups in total. The zero-order valence-electron chi connectivity index (χ0n) is 13.6. The summed E-state index contributed by atoms with van der Waals surface area (Å²) in [5.41, 5.74) is 2.26. The minimum atomic E-state index is 0.470. The van der Waals surface area contributed by atoms with Gasteiger partial charge in [-0.1, -0.05) is 46.8 Å². The molecular formula is C18H29NO. The second kappa shape index (κ2) is 5.77. The van der Waals surface area contributed by atoms with Gasteiger partial charge in [0.15, 0.2) is 0 Å². The first-order chi connectivity index (χ1) is 9.39. The molecular weight excluding hydrogens is 246 g/mol. The van der Waals surface area contributed by atoms with Crippen LogP contribution in [0, 0.1) is 16.7 Å². The summed E-state index contributed by atoms with van der Waals surface area (Å²) in [5, 5.41) is 3.60. The van der Waals surface area contributed by atoms with Crippen LogP contribution in [0.15, 0.2) is 24.3 Å². The molecule has 1 aromatic rings. The maximum absolute atomic E-state index is 5.60. The van der Waals surface area contributed by atoms with Crippen LogP contribution in [-0.2, 0) is 6.54 Å². The average molecular weight is 275 g/mol. The largest absolute Gasteiger partial charge is 0.494 e. The molecule has 0 saturated heterocycles. The lowest BCUT2D eigenvalue weighted by Crippen LogP contribution is -2.18. The van der Waals surface area contributed by atoms with Crippen LogP contribution >= 0.6 is 0 Å². The van der Waals surface area contributed by atoms with E-state index >= 15 is 0 Å². The summed E-state index contributed by atoms with van der Waals surface area (Å²) in [7, 11) is 0. The molecule has 0 bridgehead atoms. The third-order valence-electron chi connectivity index (χ3n) is 5.39. The Hall–Kier alpha value is -1.02. The van der Waals surface area contributed by atoms with Crippen molar-refractivity contribution in [2.45, 2.75) is 47.6 Å². The lowest BCUT2D eigenvalue weighted by atomic mass is 10.0. The molecule has 1 aliphatic carbocycles.